The second kappa shape index (κ2) is 5.62. The van der Waals surface area contributed by atoms with Crippen LogP contribution in [0.4, 0.5) is 4.79 Å². The number of rotatable bonds is 5. The number of ether oxygens (including phenoxy) is 1. The third-order valence-corrected chi connectivity index (χ3v) is 1.95. The molecular formula is C10H10N4O4. The van der Waals surface area contributed by atoms with Crippen molar-refractivity contribution in [3.05, 3.63) is 36.1 Å². The van der Waals surface area contributed by atoms with Crippen LogP contribution in [0.3, 0.4) is 0 Å². The smallest absolute Gasteiger partial charge is 0.404 e. The lowest BCUT2D eigenvalue weighted by Gasteiger charge is -2.04. The Balaban J connectivity index is 1.92. The van der Waals surface area contributed by atoms with Crippen LogP contribution in [0.2, 0.25) is 0 Å². The standard InChI is InChI=1S/C10H10N4O4/c15-10(16)12-5-7-1-3-11-8(13-7)6-17-9-2-4-18-14-9/h1-4,12H,5-6H2,(H,15,16). The van der Waals surface area contributed by atoms with Crippen molar-refractivity contribution in [3.63, 3.8) is 0 Å². The molecule has 0 aliphatic rings. The number of hydrogen-bond donors (Lipinski definition) is 2. The highest BCUT2D eigenvalue weighted by Gasteiger charge is 2.03. The largest absolute Gasteiger partial charge is 0.467 e. The normalized spacial score (nSPS) is 10.0. The topological polar surface area (TPSA) is 110 Å². The average molecular weight is 250 g/mol. The van der Waals surface area contributed by atoms with E-state index in [1.807, 2.05) is 0 Å². The highest BCUT2D eigenvalue weighted by Crippen LogP contribution is 2.06. The van der Waals surface area contributed by atoms with Gasteiger partial charge in [0.1, 0.15) is 12.9 Å². The zero-order valence-corrected chi connectivity index (χ0v) is 9.24. The molecule has 0 atom stereocenters. The summed E-state index contributed by atoms with van der Waals surface area (Å²) in [7, 11) is 0. The highest BCUT2D eigenvalue weighted by molar-refractivity contribution is 5.64. The monoisotopic (exact) mass is 250 g/mol. The summed E-state index contributed by atoms with van der Waals surface area (Å²) in [4.78, 5) is 18.5. The minimum atomic E-state index is -1.10. The quantitative estimate of drug-likeness (QED) is 0.807. The first-order chi connectivity index (χ1) is 8.74. The van der Waals surface area contributed by atoms with Crippen LogP contribution in [0, 0.1) is 0 Å². The van der Waals surface area contributed by atoms with Crippen LogP contribution in [0.5, 0.6) is 5.88 Å². The molecule has 94 valence electrons. The minimum Gasteiger partial charge on any atom is -0.467 e. The van der Waals surface area contributed by atoms with Crippen LogP contribution in [-0.2, 0) is 13.2 Å². The molecule has 0 spiro atoms. The first-order valence-corrected chi connectivity index (χ1v) is 5.05. The summed E-state index contributed by atoms with van der Waals surface area (Å²) >= 11 is 0. The zero-order chi connectivity index (χ0) is 12.8. The van der Waals surface area contributed by atoms with E-state index in [1.165, 1.54) is 12.5 Å². The summed E-state index contributed by atoms with van der Waals surface area (Å²) in [6, 6.07) is 3.19. The van der Waals surface area contributed by atoms with Gasteiger partial charge in [-0.05, 0) is 11.2 Å². The van der Waals surface area contributed by atoms with Gasteiger partial charge in [-0.15, -0.1) is 0 Å². The van der Waals surface area contributed by atoms with Gasteiger partial charge in [0.2, 0.25) is 0 Å². The first-order valence-electron chi connectivity index (χ1n) is 5.05. The van der Waals surface area contributed by atoms with E-state index in [4.69, 9.17) is 9.84 Å². The number of nitrogens with zero attached hydrogens (tertiary/aromatic N) is 3. The highest BCUT2D eigenvalue weighted by atomic mass is 16.5. The summed E-state index contributed by atoms with van der Waals surface area (Å²) < 4.78 is 9.85. The van der Waals surface area contributed by atoms with E-state index < -0.39 is 6.09 Å². The number of nitrogens with one attached hydrogen (secondary N) is 1. The Morgan fingerprint density at radius 1 is 1.50 bits per heavy atom. The van der Waals surface area contributed by atoms with Crippen LogP contribution in [0.1, 0.15) is 11.5 Å². The molecule has 2 rings (SSSR count). The van der Waals surface area contributed by atoms with Crippen molar-refractivity contribution >= 4 is 6.09 Å². The molecule has 2 aromatic rings. The van der Waals surface area contributed by atoms with Crippen LogP contribution in [-0.4, -0.2) is 26.3 Å². The van der Waals surface area contributed by atoms with Gasteiger partial charge in [-0.3, -0.25) is 0 Å². The van der Waals surface area contributed by atoms with Gasteiger partial charge in [0, 0.05) is 12.3 Å². The molecular weight excluding hydrogens is 240 g/mol. The van der Waals surface area contributed by atoms with Crippen molar-refractivity contribution < 1.29 is 19.2 Å². The van der Waals surface area contributed by atoms with Crippen LogP contribution < -0.4 is 10.1 Å². The molecule has 0 radical (unpaired) electrons. The second-order valence-corrected chi connectivity index (χ2v) is 3.25. The predicted octanol–water partition coefficient (Wildman–Crippen LogP) is 0.811. The molecule has 0 saturated heterocycles. The number of carboxylic acid groups (broad SMARTS) is 1. The van der Waals surface area contributed by atoms with Gasteiger partial charge in [0.15, 0.2) is 5.82 Å². The van der Waals surface area contributed by atoms with Gasteiger partial charge in [-0.2, -0.15) is 0 Å². The van der Waals surface area contributed by atoms with Gasteiger partial charge in [0.25, 0.3) is 5.88 Å². The Labute approximate surface area is 102 Å². The molecule has 2 aromatic heterocycles. The van der Waals surface area contributed by atoms with Crippen molar-refractivity contribution in [1.29, 1.82) is 0 Å². The maximum Gasteiger partial charge on any atom is 0.404 e. The molecule has 0 aliphatic heterocycles. The molecule has 0 aliphatic carbocycles. The summed E-state index contributed by atoms with van der Waals surface area (Å²) in [6.07, 6.45) is 1.82. The Kier molecular flexibility index (Phi) is 3.69. The van der Waals surface area contributed by atoms with Crippen molar-refractivity contribution in [2.24, 2.45) is 0 Å². The molecule has 2 heterocycles. The Bertz CT molecular complexity index is 514. The van der Waals surface area contributed by atoms with E-state index in [1.54, 1.807) is 12.1 Å². The Morgan fingerprint density at radius 2 is 2.39 bits per heavy atom. The summed E-state index contributed by atoms with van der Waals surface area (Å²) in [5.41, 5.74) is 0.561. The molecule has 18 heavy (non-hydrogen) atoms. The zero-order valence-electron chi connectivity index (χ0n) is 9.24. The number of aromatic nitrogens is 3. The van der Waals surface area contributed by atoms with E-state index in [0.717, 1.165) is 0 Å². The molecule has 0 fully saturated rings. The van der Waals surface area contributed by atoms with Gasteiger partial charge < -0.3 is 19.7 Å². The molecule has 0 aromatic carbocycles. The first kappa shape index (κ1) is 11.8. The molecule has 8 nitrogen and oxygen atoms in total. The van der Waals surface area contributed by atoms with Gasteiger partial charge in [0.05, 0.1) is 12.2 Å². The maximum atomic E-state index is 10.3. The third-order valence-electron chi connectivity index (χ3n) is 1.95. The Morgan fingerprint density at radius 3 is 3.11 bits per heavy atom. The van der Waals surface area contributed by atoms with E-state index in [9.17, 15) is 4.79 Å². The van der Waals surface area contributed by atoms with Crippen LogP contribution in [0.25, 0.3) is 0 Å². The third kappa shape index (κ3) is 3.44. The van der Waals surface area contributed by atoms with Crippen LogP contribution in [0.15, 0.2) is 29.1 Å². The van der Waals surface area contributed by atoms with Crippen molar-refractivity contribution in [2.45, 2.75) is 13.2 Å². The average Bonchev–Trinajstić information content (AvgIpc) is 2.87. The van der Waals surface area contributed by atoms with E-state index in [2.05, 4.69) is 25.0 Å². The van der Waals surface area contributed by atoms with Crippen molar-refractivity contribution in [2.75, 3.05) is 0 Å². The van der Waals surface area contributed by atoms with E-state index in [-0.39, 0.29) is 13.2 Å². The summed E-state index contributed by atoms with van der Waals surface area (Å²) in [6.45, 7) is 0.252. The fourth-order valence-corrected chi connectivity index (χ4v) is 1.19. The number of amides is 1. The van der Waals surface area contributed by atoms with Gasteiger partial charge in [-0.1, -0.05) is 0 Å². The van der Waals surface area contributed by atoms with Gasteiger partial charge >= 0.3 is 6.09 Å². The fourth-order valence-electron chi connectivity index (χ4n) is 1.19. The predicted molar refractivity (Wildman–Crippen MR) is 57.7 cm³/mol. The number of hydrogen-bond acceptors (Lipinski definition) is 6. The van der Waals surface area contributed by atoms with Gasteiger partial charge in [-0.25, -0.2) is 14.8 Å². The van der Waals surface area contributed by atoms with Crippen molar-refractivity contribution in [1.82, 2.24) is 20.4 Å². The van der Waals surface area contributed by atoms with E-state index >= 15 is 0 Å². The minimum absolute atomic E-state index is 0.120. The maximum absolute atomic E-state index is 10.3. The van der Waals surface area contributed by atoms with E-state index in [0.29, 0.717) is 17.4 Å². The number of carbonyl (C=O) groups is 1. The molecule has 0 bridgehead atoms. The molecule has 1 amide bonds. The molecule has 0 saturated carbocycles. The summed E-state index contributed by atoms with van der Waals surface area (Å²) in [5.74, 6) is 0.773. The lowest BCUT2D eigenvalue weighted by atomic mass is 10.4. The summed E-state index contributed by atoms with van der Waals surface area (Å²) in [5, 5.41) is 14.3. The fraction of sp³-hybridized carbons (Fsp3) is 0.200. The SMILES string of the molecule is O=C(O)NCc1ccnc(COc2ccon2)n1. The van der Waals surface area contributed by atoms with Crippen molar-refractivity contribution in [3.8, 4) is 5.88 Å². The lowest BCUT2D eigenvalue weighted by molar-refractivity contribution is 0.193. The Hall–Kier alpha value is -2.64. The lowest BCUT2D eigenvalue weighted by Crippen LogP contribution is -2.21. The molecule has 8 heteroatoms. The molecule has 2 N–H and O–H groups in total. The second-order valence-electron chi connectivity index (χ2n) is 3.25. The van der Waals surface area contributed by atoms with Crippen LogP contribution >= 0.6 is 0 Å². The molecule has 0 unspecified atom stereocenters.